The van der Waals surface area contributed by atoms with Gasteiger partial charge in [0.2, 0.25) is 0 Å². The Morgan fingerprint density at radius 3 is 2.62 bits per heavy atom. The first-order chi connectivity index (χ1) is 11.6. The van der Waals surface area contributed by atoms with E-state index in [1.54, 1.807) is 24.3 Å². The summed E-state index contributed by atoms with van der Waals surface area (Å²) in [4.78, 5) is 12.3. The molecular weight excluding hydrogens is 381 g/mol. The highest BCUT2D eigenvalue weighted by atomic mass is 79.9. The summed E-state index contributed by atoms with van der Waals surface area (Å²) in [5.41, 5.74) is 0.328. The van der Waals surface area contributed by atoms with Gasteiger partial charge in [-0.3, -0.25) is 4.79 Å². The lowest BCUT2D eigenvalue weighted by atomic mass is 10.1. The van der Waals surface area contributed by atoms with E-state index in [0.717, 1.165) is 0 Å². The molecular formula is C17H17BrFNO4. The van der Waals surface area contributed by atoms with Crippen LogP contribution in [0, 0.1) is 5.82 Å². The van der Waals surface area contributed by atoms with Crippen LogP contribution in [0.3, 0.4) is 0 Å². The van der Waals surface area contributed by atoms with Crippen molar-refractivity contribution in [3.8, 4) is 17.2 Å². The van der Waals surface area contributed by atoms with E-state index in [4.69, 9.17) is 14.2 Å². The Bertz CT molecular complexity index is 724. The monoisotopic (exact) mass is 397 g/mol. The highest BCUT2D eigenvalue weighted by molar-refractivity contribution is 9.10. The highest BCUT2D eigenvalue weighted by Crippen LogP contribution is 2.33. The zero-order valence-corrected chi connectivity index (χ0v) is 14.9. The van der Waals surface area contributed by atoms with Crippen LogP contribution in [-0.4, -0.2) is 33.3 Å². The quantitative estimate of drug-likeness (QED) is 0.727. The second kappa shape index (κ2) is 8.54. The predicted molar refractivity (Wildman–Crippen MR) is 91.5 cm³/mol. The van der Waals surface area contributed by atoms with Crippen molar-refractivity contribution in [2.24, 2.45) is 0 Å². The third kappa shape index (κ3) is 4.38. The number of benzene rings is 2. The van der Waals surface area contributed by atoms with Gasteiger partial charge in [-0.1, -0.05) is 12.1 Å². The van der Waals surface area contributed by atoms with E-state index >= 15 is 0 Å². The lowest BCUT2D eigenvalue weighted by Gasteiger charge is -2.13. The average molecular weight is 398 g/mol. The molecule has 0 fully saturated rings. The normalized spacial score (nSPS) is 10.2. The van der Waals surface area contributed by atoms with Crippen molar-refractivity contribution in [3.05, 3.63) is 52.3 Å². The molecule has 0 aliphatic heterocycles. The number of hydrogen-bond acceptors (Lipinski definition) is 4. The van der Waals surface area contributed by atoms with E-state index in [0.29, 0.717) is 21.5 Å². The minimum atomic E-state index is -0.442. The fourth-order valence-electron chi connectivity index (χ4n) is 2.05. The standard InChI is InChI=1S/C17H17BrFNO4/c1-22-11-9-12(16(23-2)13(18)10-11)17(21)20-7-8-24-15-6-4-3-5-14(15)19/h3-6,9-10H,7-8H2,1-2H3,(H,20,21). The second-order valence-corrected chi connectivity index (χ2v) is 5.58. The van der Waals surface area contributed by atoms with Crippen LogP contribution in [0.4, 0.5) is 4.39 Å². The molecule has 0 heterocycles. The Labute approximate surface area is 147 Å². The van der Waals surface area contributed by atoms with E-state index in [1.165, 1.54) is 26.4 Å². The molecule has 2 rings (SSSR count). The summed E-state index contributed by atoms with van der Waals surface area (Å²) in [6, 6.07) is 9.38. The molecule has 1 N–H and O–H groups in total. The Balaban J connectivity index is 1.97. The summed E-state index contributed by atoms with van der Waals surface area (Å²) in [7, 11) is 2.99. The molecule has 2 aromatic rings. The van der Waals surface area contributed by atoms with Gasteiger partial charge in [0.05, 0.1) is 30.8 Å². The van der Waals surface area contributed by atoms with Crippen LogP contribution >= 0.6 is 15.9 Å². The number of amides is 1. The molecule has 0 aliphatic rings. The maximum Gasteiger partial charge on any atom is 0.255 e. The highest BCUT2D eigenvalue weighted by Gasteiger charge is 2.17. The van der Waals surface area contributed by atoms with Gasteiger partial charge >= 0.3 is 0 Å². The second-order valence-electron chi connectivity index (χ2n) is 4.72. The molecule has 5 nitrogen and oxygen atoms in total. The average Bonchev–Trinajstić information content (AvgIpc) is 2.59. The first-order valence-electron chi connectivity index (χ1n) is 7.14. The fourth-order valence-corrected chi connectivity index (χ4v) is 2.65. The zero-order chi connectivity index (χ0) is 17.5. The zero-order valence-electron chi connectivity index (χ0n) is 13.3. The molecule has 0 aromatic heterocycles. The molecule has 128 valence electrons. The minimum absolute atomic E-state index is 0.139. The van der Waals surface area contributed by atoms with Gasteiger partial charge in [-0.05, 0) is 40.2 Å². The van der Waals surface area contributed by atoms with Crippen LogP contribution in [0.25, 0.3) is 0 Å². The van der Waals surface area contributed by atoms with E-state index in [2.05, 4.69) is 21.2 Å². The number of carbonyl (C=O) groups is 1. The number of halogens is 2. The number of hydrogen-bond donors (Lipinski definition) is 1. The summed E-state index contributed by atoms with van der Waals surface area (Å²) >= 11 is 3.34. The molecule has 0 saturated heterocycles. The van der Waals surface area contributed by atoms with E-state index in [9.17, 15) is 9.18 Å². The van der Waals surface area contributed by atoms with Crippen molar-refractivity contribution in [1.29, 1.82) is 0 Å². The first kappa shape index (κ1) is 18.1. The van der Waals surface area contributed by atoms with Crippen molar-refractivity contribution in [1.82, 2.24) is 5.32 Å². The summed E-state index contributed by atoms with van der Waals surface area (Å²) < 4.78 is 29.7. The molecule has 1 amide bonds. The number of methoxy groups -OCH3 is 2. The van der Waals surface area contributed by atoms with Crippen LogP contribution in [0.1, 0.15) is 10.4 Å². The van der Waals surface area contributed by atoms with E-state index in [-0.39, 0.29) is 24.8 Å². The van der Waals surface area contributed by atoms with Crippen molar-refractivity contribution >= 4 is 21.8 Å². The summed E-state index contributed by atoms with van der Waals surface area (Å²) in [6.07, 6.45) is 0. The third-order valence-corrected chi connectivity index (χ3v) is 3.77. The molecule has 2 aromatic carbocycles. The number of rotatable bonds is 7. The van der Waals surface area contributed by atoms with Gasteiger partial charge in [-0.2, -0.15) is 0 Å². The largest absolute Gasteiger partial charge is 0.497 e. The van der Waals surface area contributed by atoms with Gasteiger partial charge in [-0.15, -0.1) is 0 Å². The van der Waals surface area contributed by atoms with Crippen molar-refractivity contribution < 1.29 is 23.4 Å². The Morgan fingerprint density at radius 2 is 1.96 bits per heavy atom. The Morgan fingerprint density at radius 1 is 1.21 bits per heavy atom. The Kier molecular flexibility index (Phi) is 6.43. The maximum atomic E-state index is 13.4. The smallest absolute Gasteiger partial charge is 0.255 e. The molecule has 24 heavy (non-hydrogen) atoms. The van der Waals surface area contributed by atoms with Gasteiger partial charge in [0.15, 0.2) is 11.6 Å². The van der Waals surface area contributed by atoms with Gasteiger partial charge in [-0.25, -0.2) is 4.39 Å². The minimum Gasteiger partial charge on any atom is -0.497 e. The van der Waals surface area contributed by atoms with Crippen LogP contribution in [0.2, 0.25) is 0 Å². The van der Waals surface area contributed by atoms with Crippen LogP contribution in [0.15, 0.2) is 40.9 Å². The molecule has 0 atom stereocenters. The predicted octanol–water partition coefficient (Wildman–Crippen LogP) is 3.41. The third-order valence-electron chi connectivity index (χ3n) is 3.18. The van der Waals surface area contributed by atoms with Gasteiger partial charge < -0.3 is 19.5 Å². The molecule has 0 saturated carbocycles. The van der Waals surface area contributed by atoms with E-state index in [1.807, 2.05) is 0 Å². The molecule has 0 aliphatic carbocycles. The topological polar surface area (TPSA) is 56.8 Å². The molecule has 0 bridgehead atoms. The van der Waals surface area contributed by atoms with Crippen molar-refractivity contribution in [3.63, 3.8) is 0 Å². The number of carbonyl (C=O) groups excluding carboxylic acids is 1. The number of nitrogens with one attached hydrogen (secondary N) is 1. The van der Waals surface area contributed by atoms with Crippen molar-refractivity contribution in [2.75, 3.05) is 27.4 Å². The number of para-hydroxylation sites is 1. The van der Waals surface area contributed by atoms with Crippen LogP contribution < -0.4 is 19.5 Å². The maximum absolute atomic E-state index is 13.4. The number of ether oxygens (including phenoxy) is 3. The summed E-state index contributed by atoms with van der Waals surface area (Å²) in [5.74, 6) is 0.290. The Hall–Kier alpha value is -2.28. The summed E-state index contributed by atoms with van der Waals surface area (Å²) in [5, 5.41) is 2.70. The van der Waals surface area contributed by atoms with Crippen LogP contribution in [-0.2, 0) is 0 Å². The molecule has 0 radical (unpaired) electrons. The molecule has 0 spiro atoms. The van der Waals surface area contributed by atoms with Crippen LogP contribution in [0.5, 0.6) is 17.2 Å². The lowest BCUT2D eigenvalue weighted by molar-refractivity contribution is 0.0943. The fraction of sp³-hybridized carbons (Fsp3) is 0.235. The van der Waals surface area contributed by atoms with Gasteiger partial charge in [0.1, 0.15) is 18.1 Å². The van der Waals surface area contributed by atoms with Crippen molar-refractivity contribution in [2.45, 2.75) is 0 Å². The van der Waals surface area contributed by atoms with Gasteiger partial charge in [0, 0.05) is 0 Å². The van der Waals surface area contributed by atoms with E-state index < -0.39 is 5.82 Å². The SMILES string of the molecule is COc1cc(Br)c(OC)c(C(=O)NCCOc2ccccc2F)c1. The first-order valence-corrected chi connectivity index (χ1v) is 7.93. The summed E-state index contributed by atoms with van der Waals surface area (Å²) in [6.45, 7) is 0.352. The van der Waals surface area contributed by atoms with Gasteiger partial charge in [0.25, 0.3) is 5.91 Å². The molecule has 7 heteroatoms. The molecule has 0 unspecified atom stereocenters. The lowest BCUT2D eigenvalue weighted by Crippen LogP contribution is -2.28.